The SMILES string of the molecule is N#Cc1sc(NCc2cccs2)c(C2CC2)c1N. The Labute approximate surface area is 114 Å². The molecule has 92 valence electrons. The van der Waals surface area contributed by atoms with Gasteiger partial charge in [0.25, 0.3) is 0 Å². The number of nitrogen functional groups attached to an aromatic ring is 1. The Hall–Kier alpha value is -1.51. The highest BCUT2D eigenvalue weighted by molar-refractivity contribution is 7.17. The number of nitrogens with one attached hydrogen (secondary N) is 1. The van der Waals surface area contributed by atoms with Gasteiger partial charge >= 0.3 is 0 Å². The molecule has 0 unspecified atom stereocenters. The van der Waals surface area contributed by atoms with E-state index in [0.717, 1.165) is 11.5 Å². The molecule has 0 bridgehead atoms. The van der Waals surface area contributed by atoms with Crippen LogP contribution in [0.2, 0.25) is 0 Å². The lowest BCUT2D eigenvalue weighted by molar-refractivity contribution is 1.12. The van der Waals surface area contributed by atoms with Gasteiger partial charge in [-0.2, -0.15) is 5.26 Å². The summed E-state index contributed by atoms with van der Waals surface area (Å²) in [5.74, 6) is 0.564. The maximum absolute atomic E-state index is 9.07. The van der Waals surface area contributed by atoms with Crippen LogP contribution in [0.3, 0.4) is 0 Å². The van der Waals surface area contributed by atoms with Crippen molar-refractivity contribution in [2.75, 3.05) is 11.1 Å². The Bertz CT molecular complexity index is 589. The number of anilines is 2. The number of nitrogens with two attached hydrogens (primary N) is 1. The third-order valence-electron chi connectivity index (χ3n) is 3.07. The van der Waals surface area contributed by atoms with Gasteiger partial charge in [-0.15, -0.1) is 22.7 Å². The third-order valence-corrected chi connectivity index (χ3v) is 5.03. The smallest absolute Gasteiger partial charge is 0.130 e. The number of nitrogens with zero attached hydrogens (tertiary/aromatic N) is 1. The molecule has 2 heterocycles. The van der Waals surface area contributed by atoms with E-state index >= 15 is 0 Å². The summed E-state index contributed by atoms with van der Waals surface area (Å²) in [6.45, 7) is 0.808. The molecule has 18 heavy (non-hydrogen) atoms. The molecule has 0 atom stereocenters. The molecule has 1 saturated carbocycles. The Balaban J connectivity index is 1.84. The first-order valence-electron chi connectivity index (χ1n) is 5.88. The Morgan fingerprint density at radius 1 is 1.50 bits per heavy atom. The molecule has 0 aromatic carbocycles. The van der Waals surface area contributed by atoms with Crippen molar-refractivity contribution in [3.8, 4) is 6.07 Å². The van der Waals surface area contributed by atoms with E-state index in [4.69, 9.17) is 11.0 Å². The van der Waals surface area contributed by atoms with Gasteiger partial charge in [0, 0.05) is 10.4 Å². The molecule has 2 aromatic rings. The number of thiophene rings is 2. The van der Waals surface area contributed by atoms with Crippen molar-refractivity contribution in [1.29, 1.82) is 5.26 Å². The van der Waals surface area contributed by atoms with Crippen LogP contribution in [0.4, 0.5) is 10.7 Å². The summed E-state index contributed by atoms with van der Waals surface area (Å²) in [5.41, 5.74) is 7.92. The molecule has 0 amide bonds. The molecule has 2 aromatic heterocycles. The minimum Gasteiger partial charge on any atom is -0.397 e. The van der Waals surface area contributed by atoms with Gasteiger partial charge in [0.15, 0.2) is 0 Å². The van der Waals surface area contributed by atoms with Gasteiger partial charge in [-0.3, -0.25) is 0 Å². The molecule has 0 saturated heterocycles. The van der Waals surface area contributed by atoms with Crippen molar-refractivity contribution in [2.24, 2.45) is 0 Å². The van der Waals surface area contributed by atoms with Crippen molar-refractivity contribution < 1.29 is 0 Å². The fraction of sp³-hybridized carbons (Fsp3) is 0.308. The van der Waals surface area contributed by atoms with Gasteiger partial charge in [-0.1, -0.05) is 6.07 Å². The summed E-state index contributed by atoms with van der Waals surface area (Å²) in [7, 11) is 0. The summed E-state index contributed by atoms with van der Waals surface area (Å²) >= 11 is 3.22. The molecular formula is C13H13N3S2. The monoisotopic (exact) mass is 275 g/mol. The van der Waals surface area contributed by atoms with Crippen LogP contribution in [-0.2, 0) is 6.54 Å². The predicted octanol–water partition coefficient (Wildman–Crippen LogP) is 3.75. The average molecular weight is 275 g/mol. The molecule has 1 aliphatic rings. The maximum Gasteiger partial charge on any atom is 0.130 e. The molecule has 3 rings (SSSR count). The first-order valence-corrected chi connectivity index (χ1v) is 7.57. The van der Waals surface area contributed by atoms with Gasteiger partial charge in [-0.05, 0) is 30.2 Å². The Morgan fingerprint density at radius 3 is 2.94 bits per heavy atom. The van der Waals surface area contributed by atoms with E-state index in [1.54, 1.807) is 11.3 Å². The molecule has 3 nitrogen and oxygen atoms in total. The highest BCUT2D eigenvalue weighted by Crippen LogP contribution is 2.50. The number of hydrogen-bond acceptors (Lipinski definition) is 5. The van der Waals surface area contributed by atoms with Gasteiger partial charge in [0.05, 0.1) is 17.2 Å². The highest BCUT2D eigenvalue weighted by atomic mass is 32.1. The normalized spacial score (nSPS) is 14.4. The molecule has 1 aliphatic carbocycles. The average Bonchev–Trinajstić information content (AvgIpc) is 2.97. The molecule has 1 fully saturated rings. The van der Waals surface area contributed by atoms with E-state index in [2.05, 4.69) is 22.8 Å². The van der Waals surface area contributed by atoms with Crippen LogP contribution >= 0.6 is 22.7 Å². The van der Waals surface area contributed by atoms with E-state index in [-0.39, 0.29) is 0 Å². The van der Waals surface area contributed by atoms with Crippen LogP contribution in [0.5, 0.6) is 0 Å². The summed E-state index contributed by atoms with van der Waals surface area (Å²) < 4.78 is 0. The van der Waals surface area contributed by atoms with E-state index < -0.39 is 0 Å². The van der Waals surface area contributed by atoms with Crippen LogP contribution in [0, 0.1) is 11.3 Å². The zero-order valence-electron chi connectivity index (χ0n) is 9.77. The Morgan fingerprint density at radius 2 is 2.33 bits per heavy atom. The molecule has 0 spiro atoms. The predicted molar refractivity (Wildman–Crippen MR) is 77.1 cm³/mol. The molecule has 5 heteroatoms. The quantitative estimate of drug-likeness (QED) is 0.893. The molecular weight excluding hydrogens is 262 g/mol. The van der Waals surface area contributed by atoms with Crippen molar-refractivity contribution in [1.82, 2.24) is 0 Å². The number of hydrogen-bond donors (Lipinski definition) is 2. The second-order valence-electron chi connectivity index (χ2n) is 4.41. The topological polar surface area (TPSA) is 61.8 Å². The largest absolute Gasteiger partial charge is 0.397 e. The van der Waals surface area contributed by atoms with Gasteiger partial charge in [-0.25, -0.2) is 0 Å². The van der Waals surface area contributed by atoms with Gasteiger partial charge < -0.3 is 11.1 Å². The lowest BCUT2D eigenvalue weighted by atomic mass is 10.1. The zero-order valence-corrected chi connectivity index (χ0v) is 11.4. The van der Waals surface area contributed by atoms with E-state index in [0.29, 0.717) is 16.5 Å². The van der Waals surface area contributed by atoms with Crippen LogP contribution in [0.15, 0.2) is 17.5 Å². The van der Waals surface area contributed by atoms with Crippen LogP contribution in [-0.4, -0.2) is 0 Å². The van der Waals surface area contributed by atoms with Crippen LogP contribution < -0.4 is 11.1 Å². The van der Waals surface area contributed by atoms with E-state index in [1.165, 1.54) is 34.6 Å². The highest BCUT2D eigenvalue weighted by Gasteiger charge is 2.31. The summed E-state index contributed by atoms with van der Waals surface area (Å²) in [4.78, 5) is 1.94. The molecule has 0 radical (unpaired) electrons. The van der Waals surface area contributed by atoms with E-state index in [1.807, 2.05) is 6.07 Å². The second-order valence-corrected chi connectivity index (χ2v) is 6.46. The standard InChI is InChI=1S/C13H13N3S2/c14-6-10-12(15)11(8-3-4-8)13(18-10)16-7-9-2-1-5-17-9/h1-2,5,8,16H,3-4,7,15H2. The maximum atomic E-state index is 9.07. The number of rotatable bonds is 4. The van der Waals surface area contributed by atoms with E-state index in [9.17, 15) is 0 Å². The minimum absolute atomic E-state index is 0.564. The van der Waals surface area contributed by atoms with Crippen LogP contribution in [0.25, 0.3) is 0 Å². The van der Waals surface area contributed by atoms with Gasteiger partial charge in [0.2, 0.25) is 0 Å². The first-order chi connectivity index (χ1) is 8.79. The summed E-state index contributed by atoms with van der Waals surface area (Å²) in [6, 6.07) is 6.34. The fourth-order valence-electron chi connectivity index (χ4n) is 2.03. The Kier molecular flexibility index (Phi) is 2.98. The lowest BCUT2D eigenvalue weighted by Crippen LogP contribution is -1.99. The second kappa shape index (κ2) is 4.63. The minimum atomic E-state index is 0.564. The lowest BCUT2D eigenvalue weighted by Gasteiger charge is -2.05. The number of nitriles is 1. The molecule has 3 N–H and O–H groups in total. The van der Waals surface area contributed by atoms with Crippen LogP contribution in [0.1, 0.15) is 34.1 Å². The zero-order chi connectivity index (χ0) is 12.5. The van der Waals surface area contributed by atoms with Crippen molar-refractivity contribution in [3.05, 3.63) is 32.8 Å². The fourth-order valence-corrected chi connectivity index (χ4v) is 3.67. The van der Waals surface area contributed by atoms with Crippen molar-refractivity contribution in [2.45, 2.75) is 25.3 Å². The summed E-state index contributed by atoms with van der Waals surface area (Å²) in [6.07, 6.45) is 2.39. The molecule has 0 aliphatic heterocycles. The summed E-state index contributed by atoms with van der Waals surface area (Å²) in [5, 5.41) is 15.7. The third kappa shape index (κ3) is 2.09. The van der Waals surface area contributed by atoms with Gasteiger partial charge in [0.1, 0.15) is 10.9 Å². The van der Waals surface area contributed by atoms with Crippen molar-refractivity contribution >= 4 is 33.4 Å². The first kappa shape index (κ1) is 11.6. The van der Waals surface area contributed by atoms with Crippen molar-refractivity contribution in [3.63, 3.8) is 0 Å².